The van der Waals surface area contributed by atoms with E-state index in [1.807, 2.05) is 12.1 Å². The van der Waals surface area contributed by atoms with Gasteiger partial charge in [-0.25, -0.2) is 21.6 Å². The zero-order valence-electron chi connectivity index (χ0n) is 15.3. The number of sulfonamides is 1. The molecule has 1 saturated carbocycles. The SMILES string of the molecule is CS(=O)(=O)c1ccc(S(=O)(=O)NC(c2ccc3c(c2)OCCO3)C2CC2)cc1. The van der Waals surface area contributed by atoms with Crippen molar-refractivity contribution in [1.29, 1.82) is 0 Å². The van der Waals surface area contributed by atoms with Crippen molar-refractivity contribution in [2.24, 2.45) is 5.92 Å². The highest BCUT2D eigenvalue weighted by Crippen LogP contribution is 2.44. The average molecular weight is 424 g/mol. The zero-order chi connectivity index (χ0) is 19.9. The molecule has 0 spiro atoms. The molecule has 150 valence electrons. The van der Waals surface area contributed by atoms with E-state index >= 15 is 0 Å². The molecule has 1 atom stereocenters. The molecule has 7 nitrogen and oxygen atoms in total. The molecule has 1 heterocycles. The normalized spacial score (nSPS) is 17.9. The fraction of sp³-hybridized carbons (Fsp3) is 0.368. The highest BCUT2D eigenvalue weighted by atomic mass is 32.2. The van der Waals surface area contributed by atoms with E-state index in [0.717, 1.165) is 24.7 Å². The lowest BCUT2D eigenvalue weighted by atomic mass is 10.0. The smallest absolute Gasteiger partial charge is 0.241 e. The fourth-order valence-electron chi connectivity index (χ4n) is 3.22. The number of fused-ring (bicyclic) bond motifs is 1. The van der Waals surface area contributed by atoms with Gasteiger partial charge >= 0.3 is 0 Å². The molecule has 9 heteroatoms. The predicted molar refractivity (Wildman–Crippen MR) is 103 cm³/mol. The summed E-state index contributed by atoms with van der Waals surface area (Å²) in [4.78, 5) is 0.111. The summed E-state index contributed by atoms with van der Waals surface area (Å²) in [6, 6.07) is 10.3. The Labute approximate surface area is 164 Å². The molecule has 1 fully saturated rings. The Hall–Kier alpha value is -2.10. The van der Waals surface area contributed by atoms with Gasteiger partial charge in [-0.15, -0.1) is 0 Å². The van der Waals surface area contributed by atoms with Crippen LogP contribution in [0.15, 0.2) is 52.3 Å². The van der Waals surface area contributed by atoms with E-state index in [1.54, 1.807) is 6.07 Å². The van der Waals surface area contributed by atoms with Gasteiger partial charge < -0.3 is 9.47 Å². The summed E-state index contributed by atoms with van der Waals surface area (Å²) in [7, 11) is -7.20. The first kappa shape index (κ1) is 19.2. The van der Waals surface area contributed by atoms with Crippen molar-refractivity contribution in [2.45, 2.75) is 28.7 Å². The number of benzene rings is 2. The number of hydrogen-bond acceptors (Lipinski definition) is 6. The van der Waals surface area contributed by atoms with Crippen LogP contribution < -0.4 is 14.2 Å². The van der Waals surface area contributed by atoms with Gasteiger partial charge in [-0.05, 0) is 60.7 Å². The number of hydrogen-bond donors (Lipinski definition) is 1. The van der Waals surface area contributed by atoms with Gasteiger partial charge in [-0.1, -0.05) is 6.07 Å². The lowest BCUT2D eigenvalue weighted by molar-refractivity contribution is 0.171. The first-order valence-electron chi connectivity index (χ1n) is 8.96. The van der Waals surface area contributed by atoms with Crippen LogP contribution in [0.1, 0.15) is 24.4 Å². The Kier molecular flexibility index (Phi) is 4.84. The third-order valence-corrected chi connectivity index (χ3v) is 7.45. The van der Waals surface area contributed by atoms with Crippen molar-refractivity contribution in [1.82, 2.24) is 4.72 Å². The Morgan fingerprint density at radius 1 is 0.893 bits per heavy atom. The summed E-state index contributed by atoms with van der Waals surface area (Å²) in [5.74, 6) is 1.49. The second kappa shape index (κ2) is 7.06. The fourth-order valence-corrected chi connectivity index (χ4v) is 5.14. The number of sulfone groups is 1. The molecule has 2 aromatic rings. The van der Waals surface area contributed by atoms with Crippen LogP contribution in [-0.4, -0.2) is 36.3 Å². The molecule has 0 amide bonds. The first-order chi connectivity index (χ1) is 13.2. The number of ether oxygens (including phenoxy) is 2. The van der Waals surface area contributed by atoms with Crippen LogP contribution in [-0.2, 0) is 19.9 Å². The zero-order valence-corrected chi connectivity index (χ0v) is 16.9. The molecule has 0 radical (unpaired) electrons. The van der Waals surface area contributed by atoms with Crippen LogP contribution in [0.3, 0.4) is 0 Å². The van der Waals surface area contributed by atoms with Gasteiger partial charge in [0.15, 0.2) is 21.3 Å². The Bertz CT molecular complexity index is 1090. The molecule has 28 heavy (non-hydrogen) atoms. The molecule has 0 aromatic heterocycles. The van der Waals surface area contributed by atoms with Crippen molar-refractivity contribution in [3.05, 3.63) is 48.0 Å². The van der Waals surface area contributed by atoms with Gasteiger partial charge in [0.2, 0.25) is 10.0 Å². The molecular weight excluding hydrogens is 402 g/mol. The van der Waals surface area contributed by atoms with Gasteiger partial charge in [-0.2, -0.15) is 0 Å². The second-order valence-electron chi connectivity index (χ2n) is 7.08. The Morgan fingerprint density at radius 3 is 2.11 bits per heavy atom. The largest absolute Gasteiger partial charge is 0.486 e. The molecule has 0 bridgehead atoms. The van der Waals surface area contributed by atoms with Gasteiger partial charge in [0.25, 0.3) is 0 Å². The molecule has 1 aliphatic carbocycles. The van der Waals surface area contributed by atoms with Crippen LogP contribution in [0, 0.1) is 5.92 Å². The van der Waals surface area contributed by atoms with Crippen molar-refractivity contribution in [3.63, 3.8) is 0 Å². The van der Waals surface area contributed by atoms with Crippen molar-refractivity contribution in [3.8, 4) is 11.5 Å². The van der Waals surface area contributed by atoms with E-state index < -0.39 is 19.9 Å². The maximum Gasteiger partial charge on any atom is 0.241 e. The summed E-state index contributed by atoms with van der Waals surface area (Å²) in [6.07, 6.45) is 2.96. The van der Waals surface area contributed by atoms with Gasteiger partial charge in [0, 0.05) is 12.3 Å². The Balaban J connectivity index is 1.61. The highest BCUT2D eigenvalue weighted by Gasteiger charge is 2.36. The van der Waals surface area contributed by atoms with E-state index in [1.165, 1.54) is 24.3 Å². The van der Waals surface area contributed by atoms with Crippen LogP contribution in [0.5, 0.6) is 11.5 Å². The molecule has 2 aromatic carbocycles. The standard InChI is InChI=1S/C19H21NO6S2/c1-27(21,22)15-5-7-16(8-6-15)28(23,24)20-19(13-2-3-13)14-4-9-17-18(12-14)26-11-10-25-17/h4-9,12-13,19-20H,2-3,10-11H2,1H3. The topological polar surface area (TPSA) is 98.8 Å². The third-order valence-electron chi connectivity index (χ3n) is 4.86. The van der Waals surface area contributed by atoms with Crippen molar-refractivity contribution < 1.29 is 26.3 Å². The van der Waals surface area contributed by atoms with Crippen molar-refractivity contribution >= 4 is 19.9 Å². The summed E-state index contributed by atoms with van der Waals surface area (Å²) >= 11 is 0. The van der Waals surface area contributed by atoms with Crippen molar-refractivity contribution in [2.75, 3.05) is 19.5 Å². The lowest BCUT2D eigenvalue weighted by Crippen LogP contribution is -2.30. The Morgan fingerprint density at radius 2 is 1.50 bits per heavy atom. The maximum atomic E-state index is 12.9. The van der Waals surface area contributed by atoms with Crippen LogP contribution in [0.4, 0.5) is 0 Å². The minimum absolute atomic E-state index is 0.0306. The average Bonchev–Trinajstić information content (AvgIpc) is 3.50. The number of rotatable bonds is 6. The van der Waals surface area contributed by atoms with E-state index in [0.29, 0.717) is 24.7 Å². The van der Waals surface area contributed by atoms with Gasteiger partial charge in [0.05, 0.1) is 9.79 Å². The molecule has 2 aliphatic rings. The van der Waals surface area contributed by atoms with Gasteiger partial charge in [0.1, 0.15) is 13.2 Å². The summed E-state index contributed by atoms with van der Waals surface area (Å²) in [5, 5.41) is 0. The summed E-state index contributed by atoms with van der Waals surface area (Å²) in [6.45, 7) is 0.956. The highest BCUT2D eigenvalue weighted by molar-refractivity contribution is 7.90. The first-order valence-corrected chi connectivity index (χ1v) is 12.3. The maximum absolute atomic E-state index is 12.9. The molecule has 1 unspecified atom stereocenters. The predicted octanol–water partition coefficient (Wildman–Crippen LogP) is 2.29. The van der Waals surface area contributed by atoms with E-state index in [9.17, 15) is 16.8 Å². The number of nitrogens with one attached hydrogen (secondary N) is 1. The molecule has 4 rings (SSSR count). The summed E-state index contributed by atoms with van der Waals surface area (Å²) in [5.41, 5.74) is 0.822. The van der Waals surface area contributed by atoms with Gasteiger partial charge in [-0.3, -0.25) is 0 Å². The third kappa shape index (κ3) is 4.01. The van der Waals surface area contributed by atoms with Crippen LogP contribution in [0.2, 0.25) is 0 Å². The van der Waals surface area contributed by atoms with E-state index in [-0.39, 0.29) is 21.8 Å². The minimum atomic E-state index is -3.81. The lowest BCUT2D eigenvalue weighted by Gasteiger charge is -2.23. The molecule has 1 aliphatic heterocycles. The second-order valence-corrected chi connectivity index (χ2v) is 10.8. The van der Waals surface area contributed by atoms with E-state index in [2.05, 4.69) is 4.72 Å². The monoisotopic (exact) mass is 423 g/mol. The quantitative estimate of drug-likeness (QED) is 0.765. The molecular formula is C19H21NO6S2. The van der Waals surface area contributed by atoms with E-state index in [4.69, 9.17) is 9.47 Å². The molecule has 0 saturated heterocycles. The molecule has 1 N–H and O–H groups in total. The minimum Gasteiger partial charge on any atom is -0.486 e. The van der Waals surface area contributed by atoms with Crippen LogP contribution >= 0.6 is 0 Å². The summed E-state index contributed by atoms with van der Waals surface area (Å²) < 4.78 is 62.9. The van der Waals surface area contributed by atoms with Crippen LogP contribution in [0.25, 0.3) is 0 Å².